The number of aliphatic hydroxyl groups is 1. The van der Waals surface area contributed by atoms with Crippen LogP contribution in [0.4, 0.5) is 0 Å². The normalized spacial score (nSPS) is 53.8. The first-order chi connectivity index (χ1) is 5.79. The number of fused-ring (bicyclic) bond motifs is 3. The Balaban J connectivity index is 2.39. The predicted octanol–water partition coefficient (Wildman–Crippen LogP) is 1.66. The summed E-state index contributed by atoms with van der Waals surface area (Å²) in [5.41, 5.74) is 6.46. The number of aliphatic hydroxyl groups excluding tert-OH is 1. The second-order valence-corrected chi connectivity index (χ2v) is 6.06. The van der Waals surface area contributed by atoms with Crippen molar-refractivity contribution in [2.24, 2.45) is 16.6 Å². The first kappa shape index (κ1) is 9.47. The minimum Gasteiger partial charge on any atom is -0.392 e. The van der Waals surface area contributed by atoms with E-state index < -0.39 is 0 Å². The van der Waals surface area contributed by atoms with Gasteiger partial charge in [0.25, 0.3) is 0 Å². The number of nitrogens with two attached hydrogens (primary N) is 1. The molecular formula is C11H21NO. The van der Waals surface area contributed by atoms with Crippen LogP contribution in [0.5, 0.6) is 0 Å². The van der Waals surface area contributed by atoms with Gasteiger partial charge in [-0.25, -0.2) is 0 Å². The van der Waals surface area contributed by atoms with Gasteiger partial charge in [0.15, 0.2) is 0 Å². The zero-order valence-corrected chi connectivity index (χ0v) is 8.93. The van der Waals surface area contributed by atoms with Crippen LogP contribution in [0.1, 0.15) is 46.5 Å². The van der Waals surface area contributed by atoms with E-state index in [0.29, 0.717) is 0 Å². The van der Waals surface area contributed by atoms with Crippen LogP contribution in [0.25, 0.3) is 0 Å². The molecule has 3 atom stereocenters. The highest BCUT2D eigenvalue weighted by Crippen LogP contribution is 2.60. The third-order valence-electron chi connectivity index (χ3n) is 4.82. The molecule has 0 unspecified atom stereocenters. The maximum atomic E-state index is 10.1. The minimum atomic E-state index is -0.199. The topological polar surface area (TPSA) is 46.2 Å². The average molecular weight is 183 g/mol. The molecule has 13 heavy (non-hydrogen) atoms. The van der Waals surface area contributed by atoms with E-state index in [1.54, 1.807) is 0 Å². The zero-order chi connectivity index (χ0) is 9.91. The van der Waals surface area contributed by atoms with Crippen molar-refractivity contribution in [2.45, 2.75) is 58.1 Å². The van der Waals surface area contributed by atoms with E-state index in [4.69, 9.17) is 5.73 Å². The molecule has 76 valence electrons. The fourth-order valence-electron chi connectivity index (χ4n) is 3.42. The Kier molecular flexibility index (Phi) is 1.67. The molecule has 2 bridgehead atoms. The van der Waals surface area contributed by atoms with E-state index in [-0.39, 0.29) is 22.5 Å². The van der Waals surface area contributed by atoms with E-state index in [9.17, 15) is 5.11 Å². The van der Waals surface area contributed by atoms with Crippen LogP contribution < -0.4 is 5.73 Å². The second-order valence-electron chi connectivity index (χ2n) is 6.06. The van der Waals surface area contributed by atoms with E-state index >= 15 is 0 Å². The quantitative estimate of drug-likeness (QED) is 0.600. The van der Waals surface area contributed by atoms with Gasteiger partial charge in [-0.1, -0.05) is 20.8 Å². The zero-order valence-electron chi connectivity index (χ0n) is 8.93. The molecule has 3 saturated carbocycles. The van der Waals surface area contributed by atoms with Crippen LogP contribution in [0.3, 0.4) is 0 Å². The Morgan fingerprint density at radius 3 is 2.31 bits per heavy atom. The van der Waals surface area contributed by atoms with Crippen molar-refractivity contribution >= 4 is 0 Å². The summed E-state index contributed by atoms with van der Waals surface area (Å²) in [6.45, 7) is 6.71. The van der Waals surface area contributed by atoms with Gasteiger partial charge >= 0.3 is 0 Å². The molecule has 3 rings (SSSR count). The average Bonchev–Trinajstić information content (AvgIpc) is 1.93. The highest BCUT2D eigenvalue weighted by molar-refractivity contribution is 5.12. The van der Waals surface area contributed by atoms with Crippen LogP contribution in [0.15, 0.2) is 0 Å². The van der Waals surface area contributed by atoms with Crippen LogP contribution in [-0.4, -0.2) is 16.7 Å². The lowest BCUT2D eigenvalue weighted by Gasteiger charge is -2.62. The molecule has 0 spiro atoms. The molecule has 3 N–H and O–H groups in total. The Labute approximate surface area is 80.5 Å². The standard InChI is InChI=1S/C11H21NO/c1-9(2)7-11(12)5-4-10(9,3)8(13)6-11/h8,13H,4-7,12H2,1-3H3/t8-,10+,11-/m1/s1. The Morgan fingerprint density at radius 1 is 1.23 bits per heavy atom. The lowest BCUT2D eigenvalue weighted by atomic mass is 9.46. The molecule has 0 aromatic heterocycles. The lowest BCUT2D eigenvalue weighted by Crippen LogP contribution is -2.65. The number of rotatable bonds is 0. The van der Waals surface area contributed by atoms with Gasteiger partial charge in [0.05, 0.1) is 6.10 Å². The molecule has 3 aliphatic rings. The van der Waals surface area contributed by atoms with Crippen molar-refractivity contribution in [1.29, 1.82) is 0 Å². The van der Waals surface area contributed by atoms with Crippen LogP contribution in [-0.2, 0) is 0 Å². The summed E-state index contributed by atoms with van der Waals surface area (Å²) in [7, 11) is 0. The van der Waals surface area contributed by atoms with Crippen molar-refractivity contribution in [1.82, 2.24) is 0 Å². The van der Waals surface area contributed by atoms with E-state index in [2.05, 4.69) is 20.8 Å². The SMILES string of the molecule is CC1(C)C[C@@]2(N)CC[C@@]1(C)[C@H](O)C2. The van der Waals surface area contributed by atoms with E-state index in [1.807, 2.05) is 0 Å². The van der Waals surface area contributed by atoms with Crippen LogP contribution in [0.2, 0.25) is 0 Å². The largest absolute Gasteiger partial charge is 0.392 e. The summed E-state index contributed by atoms with van der Waals surface area (Å²) in [5, 5.41) is 10.1. The molecule has 0 saturated heterocycles. The monoisotopic (exact) mass is 183 g/mol. The van der Waals surface area contributed by atoms with Crippen molar-refractivity contribution in [3.63, 3.8) is 0 Å². The Bertz CT molecular complexity index is 238. The summed E-state index contributed by atoms with van der Waals surface area (Å²) >= 11 is 0. The molecule has 2 heteroatoms. The maximum absolute atomic E-state index is 10.1. The van der Waals surface area contributed by atoms with Gasteiger partial charge in [-0.3, -0.25) is 0 Å². The van der Waals surface area contributed by atoms with Gasteiger partial charge in [0.1, 0.15) is 0 Å². The molecule has 2 nitrogen and oxygen atoms in total. The van der Waals surface area contributed by atoms with Crippen LogP contribution in [0, 0.1) is 10.8 Å². The van der Waals surface area contributed by atoms with E-state index in [1.165, 1.54) is 0 Å². The van der Waals surface area contributed by atoms with Crippen molar-refractivity contribution < 1.29 is 5.11 Å². The van der Waals surface area contributed by atoms with Gasteiger partial charge in [0.2, 0.25) is 0 Å². The van der Waals surface area contributed by atoms with Gasteiger partial charge < -0.3 is 10.8 Å². The molecule has 0 amide bonds. The van der Waals surface area contributed by atoms with Gasteiger partial charge in [-0.15, -0.1) is 0 Å². The number of hydrogen-bond donors (Lipinski definition) is 2. The summed E-state index contributed by atoms with van der Waals surface area (Å²) < 4.78 is 0. The minimum absolute atomic E-state index is 0.0827. The summed E-state index contributed by atoms with van der Waals surface area (Å²) in [6.07, 6.45) is 3.83. The molecule has 0 aromatic carbocycles. The first-order valence-corrected chi connectivity index (χ1v) is 5.26. The smallest absolute Gasteiger partial charge is 0.0616 e. The Morgan fingerprint density at radius 2 is 1.85 bits per heavy atom. The predicted molar refractivity (Wildman–Crippen MR) is 53.3 cm³/mol. The molecular weight excluding hydrogens is 162 g/mol. The summed E-state index contributed by atoms with van der Waals surface area (Å²) in [5.74, 6) is 0. The van der Waals surface area contributed by atoms with Crippen molar-refractivity contribution in [3.8, 4) is 0 Å². The number of hydrogen-bond acceptors (Lipinski definition) is 2. The highest BCUT2D eigenvalue weighted by atomic mass is 16.3. The van der Waals surface area contributed by atoms with Gasteiger partial charge in [-0.2, -0.15) is 0 Å². The molecule has 0 aliphatic heterocycles. The summed E-state index contributed by atoms with van der Waals surface area (Å²) in [6, 6.07) is 0. The molecule has 0 heterocycles. The highest BCUT2D eigenvalue weighted by Gasteiger charge is 2.59. The first-order valence-electron chi connectivity index (χ1n) is 5.26. The molecule has 3 aliphatic carbocycles. The molecule has 0 radical (unpaired) electrons. The fraction of sp³-hybridized carbons (Fsp3) is 1.00. The summed E-state index contributed by atoms with van der Waals surface area (Å²) in [4.78, 5) is 0. The Hall–Kier alpha value is -0.0800. The van der Waals surface area contributed by atoms with E-state index in [0.717, 1.165) is 25.7 Å². The maximum Gasteiger partial charge on any atom is 0.0616 e. The van der Waals surface area contributed by atoms with Gasteiger partial charge in [-0.05, 0) is 36.5 Å². The third kappa shape index (κ3) is 1.08. The van der Waals surface area contributed by atoms with Crippen LogP contribution >= 0.6 is 0 Å². The van der Waals surface area contributed by atoms with Crippen molar-refractivity contribution in [2.75, 3.05) is 0 Å². The van der Waals surface area contributed by atoms with Crippen molar-refractivity contribution in [3.05, 3.63) is 0 Å². The lowest BCUT2D eigenvalue weighted by molar-refractivity contribution is -0.154. The second kappa shape index (κ2) is 2.29. The molecule has 0 aromatic rings. The van der Waals surface area contributed by atoms with Gasteiger partial charge in [0, 0.05) is 5.54 Å². The third-order valence-corrected chi connectivity index (χ3v) is 4.82. The fourth-order valence-corrected chi connectivity index (χ4v) is 3.42. The molecule has 3 fully saturated rings.